The largest absolute Gasteiger partial charge is 0.367 e. The molecule has 1 rings (SSSR count). The minimum Gasteiger partial charge on any atom is -0.367 e. The van der Waals surface area contributed by atoms with Crippen LogP contribution < -0.4 is 5.32 Å². The zero-order valence-electron chi connectivity index (χ0n) is 9.66. The minimum atomic E-state index is 0.453. The molecule has 1 unspecified atom stereocenters. The van der Waals surface area contributed by atoms with Gasteiger partial charge in [-0.25, -0.2) is 9.97 Å². The quantitative estimate of drug-likeness (QED) is 0.807. The maximum atomic E-state index is 4.20. The summed E-state index contributed by atoms with van der Waals surface area (Å²) in [6.45, 7) is 6.45. The van der Waals surface area contributed by atoms with E-state index in [0.29, 0.717) is 6.04 Å². The first-order valence-electron chi connectivity index (χ1n) is 5.41. The summed E-state index contributed by atoms with van der Waals surface area (Å²) in [6.07, 6.45) is 2.58. The number of nitrogens with one attached hydrogen (secondary N) is 1. The zero-order chi connectivity index (χ0) is 11.1. The van der Waals surface area contributed by atoms with Crippen molar-refractivity contribution in [2.45, 2.75) is 33.2 Å². The van der Waals surface area contributed by atoms with Crippen molar-refractivity contribution in [3.63, 3.8) is 0 Å². The second-order valence-electron chi connectivity index (χ2n) is 3.45. The number of aryl methyl sites for hydroxylation is 1. The van der Waals surface area contributed by atoms with Crippen LogP contribution in [0.3, 0.4) is 0 Å². The molecule has 1 aromatic heterocycles. The van der Waals surface area contributed by atoms with E-state index in [1.54, 1.807) is 6.33 Å². The second kappa shape index (κ2) is 6.67. The molecule has 0 bridgehead atoms. The molecule has 0 aliphatic rings. The van der Waals surface area contributed by atoms with Gasteiger partial charge in [-0.05, 0) is 19.1 Å². The van der Waals surface area contributed by atoms with Crippen molar-refractivity contribution in [2.24, 2.45) is 0 Å². The molecule has 1 heterocycles. The number of rotatable bonds is 6. The van der Waals surface area contributed by atoms with E-state index < -0.39 is 0 Å². The fourth-order valence-corrected chi connectivity index (χ4v) is 1.93. The van der Waals surface area contributed by atoms with Crippen LogP contribution in [0.15, 0.2) is 12.4 Å². The van der Waals surface area contributed by atoms with Gasteiger partial charge in [-0.2, -0.15) is 11.8 Å². The Labute approximate surface area is 96.1 Å². The maximum Gasteiger partial charge on any atom is 0.129 e. The average Bonchev–Trinajstić information content (AvgIpc) is 2.26. The molecule has 0 aliphatic carbocycles. The van der Waals surface area contributed by atoms with Gasteiger partial charge in [-0.3, -0.25) is 0 Å². The first-order chi connectivity index (χ1) is 7.26. The van der Waals surface area contributed by atoms with Crippen LogP contribution in [-0.2, 0) is 6.42 Å². The Kier molecular flexibility index (Phi) is 5.47. The highest BCUT2D eigenvalue weighted by atomic mass is 32.2. The molecule has 84 valence electrons. The normalized spacial score (nSPS) is 12.5. The Balaban J connectivity index is 2.48. The van der Waals surface area contributed by atoms with E-state index in [1.165, 1.54) is 0 Å². The number of hydrogen-bond donors (Lipinski definition) is 1. The Morgan fingerprint density at radius 1 is 1.40 bits per heavy atom. The van der Waals surface area contributed by atoms with Gasteiger partial charge in [0.15, 0.2) is 0 Å². The van der Waals surface area contributed by atoms with Crippen LogP contribution in [0.25, 0.3) is 0 Å². The van der Waals surface area contributed by atoms with Crippen molar-refractivity contribution >= 4 is 17.6 Å². The fraction of sp³-hybridized carbons (Fsp3) is 0.636. The van der Waals surface area contributed by atoms with Crippen molar-refractivity contribution in [1.82, 2.24) is 9.97 Å². The van der Waals surface area contributed by atoms with Crippen LogP contribution in [0.2, 0.25) is 0 Å². The number of anilines is 1. The van der Waals surface area contributed by atoms with Gasteiger partial charge in [0, 0.05) is 23.6 Å². The summed E-state index contributed by atoms with van der Waals surface area (Å²) in [4.78, 5) is 8.37. The van der Waals surface area contributed by atoms with Crippen molar-refractivity contribution in [3.8, 4) is 0 Å². The Morgan fingerprint density at radius 2 is 2.20 bits per heavy atom. The van der Waals surface area contributed by atoms with Crippen molar-refractivity contribution < 1.29 is 0 Å². The number of hydrogen-bond acceptors (Lipinski definition) is 4. The lowest BCUT2D eigenvalue weighted by atomic mass is 10.3. The molecular formula is C11H19N3S. The Morgan fingerprint density at radius 3 is 2.87 bits per heavy atom. The summed E-state index contributed by atoms with van der Waals surface area (Å²) >= 11 is 1.94. The van der Waals surface area contributed by atoms with Crippen LogP contribution in [0, 0.1) is 0 Å². The van der Waals surface area contributed by atoms with E-state index >= 15 is 0 Å². The second-order valence-corrected chi connectivity index (χ2v) is 4.77. The predicted octanol–water partition coefficient (Wildman–Crippen LogP) is 2.59. The molecule has 0 aliphatic heterocycles. The smallest absolute Gasteiger partial charge is 0.129 e. The summed E-state index contributed by atoms with van der Waals surface area (Å²) in [7, 11) is 0. The van der Waals surface area contributed by atoms with Gasteiger partial charge in [0.2, 0.25) is 0 Å². The third-order valence-corrected chi connectivity index (χ3v) is 3.20. The zero-order valence-corrected chi connectivity index (χ0v) is 10.5. The lowest BCUT2D eigenvalue weighted by Gasteiger charge is -2.13. The van der Waals surface area contributed by atoms with Crippen molar-refractivity contribution in [3.05, 3.63) is 18.1 Å². The molecule has 3 nitrogen and oxygen atoms in total. The number of aromatic nitrogens is 2. The highest BCUT2D eigenvalue weighted by Crippen LogP contribution is 2.09. The predicted molar refractivity (Wildman–Crippen MR) is 67.5 cm³/mol. The van der Waals surface area contributed by atoms with Crippen LogP contribution in [0.4, 0.5) is 5.82 Å². The summed E-state index contributed by atoms with van der Waals surface area (Å²) in [5, 5.41) is 3.38. The van der Waals surface area contributed by atoms with Gasteiger partial charge < -0.3 is 5.32 Å². The van der Waals surface area contributed by atoms with Gasteiger partial charge >= 0.3 is 0 Å². The molecule has 0 saturated carbocycles. The van der Waals surface area contributed by atoms with E-state index in [2.05, 4.69) is 36.1 Å². The molecule has 0 fully saturated rings. The Bertz CT molecular complexity index is 291. The topological polar surface area (TPSA) is 37.8 Å². The number of nitrogens with zero attached hydrogens (tertiary/aromatic N) is 2. The maximum absolute atomic E-state index is 4.20. The molecule has 0 saturated heterocycles. The molecular weight excluding hydrogens is 206 g/mol. The molecule has 0 radical (unpaired) electrons. The van der Waals surface area contributed by atoms with Gasteiger partial charge in [0.25, 0.3) is 0 Å². The first kappa shape index (κ1) is 12.3. The van der Waals surface area contributed by atoms with E-state index in [1.807, 2.05) is 17.8 Å². The highest BCUT2D eigenvalue weighted by Gasteiger charge is 2.03. The lowest BCUT2D eigenvalue weighted by Crippen LogP contribution is -2.19. The van der Waals surface area contributed by atoms with Crippen LogP contribution in [0.1, 0.15) is 26.5 Å². The van der Waals surface area contributed by atoms with Crippen LogP contribution in [-0.4, -0.2) is 27.5 Å². The summed E-state index contributed by atoms with van der Waals surface area (Å²) in [5.41, 5.74) is 1.09. The lowest BCUT2D eigenvalue weighted by molar-refractivity contribution is 0.891. The fourth-order valence-electron chi connectivity index (χ4n) is 1.26. The van der Waals surface area contributed by atoms with Gasteiger partial charge in [-0.15, -0.1) is 0 Å². The third kappa shape index (κ3) is 4.51. The van der Waals surface area contributed by atoms with E-state index in [0.717, 1.165) is 29.4 Å². The SMILES string of the molecule is CCSCC(C)Nc1cc(CC)ncn1. The van der Waals surface area contributed by atoms with Gasteiger partial charge in [-0.1, -0.05) is 13.8 Å². The highest BCUT2D eigenvalue weighted by molar-refractivity contribution is 7.99. The van der Waals surface area contributed by atoms with Gasteiger partial charge in [0.1, 0.15) is 12.1 Å². The standard InChI is InChI=1S/C11H19N3S/c1-4-10-6-11(13-8-12-10)14-9(3)7-15-5-2/h6,8-9H,4-5,7H2,1-3H3,(H,12,13,14). The first-order valence-corrected chi connectivity index (χ1v) is 6.57. The van der Waals surface area contributed by atoms with E-state index in [-0.39, 0.29) is 0 Å². The molecule has 4 heteroatoms. The van der Waals surface area contributed by atoms with Crippen molar-refractivity contribution in [2.75, 3.05) is 16.8 Å². The van der Waals surface area contributed by atoms with E-state index in [9.17, 15) is 0 Å². The van der Waals surface area contributed by atoms with Crippen molar-refractivity contribution in [1.29, 1.82) is 0 Å². The molecule has 0 amide bonds. The molecule has 1 aromatic rings. The molecule has 1 N–H and O–H groups in total. The van der Waals surface area contributed by atoms with Gasteiger partial charge in [0.05, 0.1) is 0 Å². The average molecular weight is 225 g/mol. The molecule has 1 atom stereocenters. The molecule has 0 aromatic carbocycles. The summed E-state index contributed by atoms with van der Waals surface area (Å²) < 4.78 is 0. The van der Waals surface area contributed by atoms with Crippen LogP contribution in [0.5, 0.6) is 0 Å². The number of thioether (sulfide) groups is 1. The third-order valence-electron chi connectivity index (χ3n) is 2.05. The Hall–Kier alpha value is -0.770. The summed E-state index contributed by atoms with van der Waals surface area (Å²) in [5.74, 6) is 3.21. The molecule has 0 spiro atoms. The summed E-state index contributed by atoms with van der Waals surface area (Å²) in [6, 6.07) is 2.47. The molecule has 15 heavy (non-hydrogen) atoms. The monoisotopic (exact) mass is 225 g/mol. The van der Waals surface area contributed by atoms with E-state index in [4.69, 9.17) is 0 Å². The minimum absolute atomic E-state index is 0.453. The van der Waals surface area contributed by atoms with Crippen LogP contribution >= 0.6 is 11.8 Å².